The van der Waals surface area contributed by atoms with Gasteiger partial charge in [0.15, 0.2) is 0 Å². The van der Waals surface area contributed by atoms with E-state index >= 15 is 0 Å². The van der Waals surface area contributed by atoms with Crippen LogP contribution in [-0.2, 0) is 18.9 Å². The Balaban J connectivity index is 2.95. The van der Waals surface area contributed by atoms with Crippen LogP contribution in [-0.4, -0.2) is 71.2 Å². The predicted molar refractivity (Wildman–Crippen MR) is 73.3 cm³/mol. The van der Waals surface area contributed by atoms with Gasteiger partial charge in [-0.1, -0.05) is 6.92 Å². The van der Waals surface area contributed by atoms with E-state index in [9.17, 15) is 5.11 Å². The van der Waals surface area contributed by atoms with E-state index in [1.165, 1.54) is 0 Å². The van der Waals surface area contributed by atoms with Gasteiger partial charge in [0, 0.05) is 26.9 Å². The zero-order chi connectivity index (χ0) is 14.2. The van der Waals surface area contributed by atoms with Crippen molar-refractivity contribution in [3.63, 3.8) is 0 Å². The molecule has 0 aliphatic rings. The molecule has 0 aromatic rings. The first-order chi connectivity index (χ1) is 9.31. The van der Waals surface area contributed by atoms with Crippen LogP contribution in [0.4, 0.5) is 0 Å². The minimum atomic E-state index is -0.435. The fourth-order valence-corrected chi connectivity index (χ4v) is 1.29. The lowest BCUT2D eigenvalue weighted by molar-refractivity contribution is 0.00993. The lowest BCUT2D eigenvalue weighted by Gasteiger charge is -2.10. The van der Waals surface area contributed by atoms with Gasteiger partial charge in [0.1, 0.15) is 6.23 Å². The molecule has 116 valence electrons. The summed E-state index contributed by atoms with van der Waals surface area (Å²) >= 11 is 0. The Morgan fingerprint density at radius 1 is 0.895 bits per heavy atom. The highest BCUT2D eigenvalue weighted by molar-refractivity contribution is 4.49. The van der Waals surface area contributed by atoms with E-state index in [-0.39, 0.29) is 0 Å². The first-order valence-corrected chi connectivity index (χ1v) is 6.94. The Morgan fingerprint density at radius 3 is 2.05 bits per heavy atom. The molecule has 19 heavy (non-hydrogen) atoms. The maximum absolute atomic E-state index is 9.22. The van der Waals surface area contributed by atoms with Crippen molar-refractivity contribution >= 4 is 0 Å². The Bertz CT molecular complexity index is 171. The molecule has 0 radical (unpaired) electrons. The van der Waals surface area contributed by atoms with Crippen molar-refractivity contribution in [2.75, 3.05) is 59.9 Å². The molecule has 0 aliphatic carbocycles. The van der Waals surface area contributed by atoms with Gasteiger partial charge in [0.05, 0.1) is 33.0 Å². The molecule has 0 fully saturated rings. The summed E-state index contributed by atoms with van der Waals surface area (Å²) in [4.78, 5) is 0. The monoisotopic (exact) mass is 279 g/mol. The zero-order valence-electron chi connectivity index (χ0n) is 12.2. The molecule has 0 rings (SSSR count). The molecule has 0 aliphatic heterocycles. The maximum atomic E-state index is 9.22. The molecule has 0 saturated carbocycles. The van der Waals surface area contributed by atoms with Crippen LogP contribution in [0.1, 0.15) is 19.8 Å². The van der Waals surface area contributed by atoms with Crippen LogP contribution in [0, 0.1) is 0 Å². The molecule has 6 nitrogen and oxygen atoms in total. The van der Waals surface area contributed by atoms with Gasteiger partial charge in [-0.3, -0.25) is 5.32 Å². The van der Waals surface area contributed by atoms with Gasteiger partial charge in [0.25, 0.3) is 0 Å². The third-order valence-corrected chi connectivity index (χ3v) is 2.39. The fraction of sp³-hybridized carbons (Fsp3) is 1.00. The Morgan fingerprint density at radius 2 is 1.47 bits per heavy atom. The molecule has 0 aromatic heterocycles. The number of hydrogen-bond donors (Lipinski definition) is 2. The van der Waals surface area contributed by atoms with Crippen LogP contribution >= 0.6 is 0 Å². The molecule has 0 aromatic carbocycles. The molecule has 0 spiro atoms. The SMILES string of the molecule is CCC(O)NCCOCCOCCOCCCOC. The molecule has 0 amide bonds. The second kappa shape index (κ2) is 15.8. The predicted octanol–water partition coefficient (Wildman–Crippen LogP) is 0.391. The molecular weight excluding hydrogens is 250 g/mol. The normalized spacial score (nSPS) is 12.8. The molecule has 6 heteroatoms. The first kappa shape index (κ1) is 18.8. The smallest absolute Gasteiger partial charge is 0.104 e. The van der Waals surface area contributed by atoms with E-state index in [0.29, 0.717) is 52.6 Å². The van der Waals surface area contributed by atoms with E-state index < -0.39 is 6.23 Å². The summed E-state index contributed by atoms with van der Waals surface area (Å²) in [6, 6.07) is 0. The summed E-state index contributed by atoms with van der Waals surface area (Å²) in [6.45, 7) is 6.91. The van der Waals surface area contributed by atoms with Crippen LogP contribution < -0.4 is 5.32 Å². The number of aliphatic hydroxyl groups is 1. The summed E-state index contributed by atoms with van der Waals surface area (Å²) < 4.78 is 20.9. The van der Waals surface area contributed by atoms with Crippen molar-refractivity contribution in [2.24, 2.45) is 0 Å². The summed E-state index contributed by atoms with van der Waals surface area (Å²) in [5, 5.41) is 12.1. The van der Waals surface area contributed by atoms with Crippen LogP contribution in [0.15, 0.2) is 0 Å². The summed E-state index contributed by atoms with van der Waals surface area (Å²) in [5.74, 6) is 0. The molecule has 0 heterocycles. The second-order valence-electron chi connectivity index (χ2n) is 4.06. The number of rotatable bonds is 15. The second-order valence-corrected chi connectivity index (χ2v) is 4.06. The third-order valence-electron chi connectivity index (χ3n) is 2.39. The van der Waals surface area contributed by atoms with Crippen LogP contribution in [0.5, 0.6) is 0 Å². The topological polar surface area (TPSA) is 69.2 Å². The van der Waals surface area contributed by atoms with Crippen LogP contribution in [0.25, 0.3) is 0 Å². The van der Waals surface area contributed by atoms with Gasteiger partial charge in [-0.25, -0.2) is 0 Å². The highest BCUT2D eigenvalue weighted by Crippen LogP contribution is 1.86. The Kier molecular flexibility index (Phi) is 15.6. The van der Waals surface area contributed by atoms with Gasteiger partial charge >= 0.3 is 0 Å². The third kappa shape index (κ3) is 15.7. The van der Waals surface area contributed by atoms with Crippen molar-refractivity contribution in [2.45, 2.75) is 26.0 Å². The number of ether oxygens (including phenoxy) is 4. The lowest BCUT2D eigenvalue weighted by Crippen LogP contribution is -2.31. The average Bonchev–Trinajstić information content (AvgIpc) is 2.43. The maximum Gasteiger partial charge on any atom is 0.104 e. The minimum absolute atomic E-state index is 0.435. The van der Waals surface area contributed by atoms with E-state index in [2.05, 4.69) is 5.32 Å². The van der Waals surface area contributed by atoms with Crippen molar-refractivity contribution in [3.8, 4) is 0 Å². The largest absolute Gasteiger partial charge is 0.385 e. The molecular formula is C13H29NO5. The molecule has 0 saturated heterocycles. The zero-order valence-corrected chi connectivity index (χ0v) is 12.2. The van der Waals surface area contributed by atoms with Crippen LogP contribution in [0.2, 0.25) is 0 Å². The van der Waals surface area contributed by atoms with Crippen molar-refractivity contribution < 1.29 is 24.1 Å². The number of hydrogen-bond acceptors (Lipinski definition) is 6. The van der Waals surface area contributed by atoms with Gasteiger partial charge in [-0.15, -0.1) is 0 Å². The van der Waals surface area contributed by atoms with E-state index in [1.54, 1.807) is 7.11 Å². The molecule has 2 N–H and O–H groups in total. The standard InChI is InChI=1S/C13H29NO5/c1-3-13(15)14-5-8-18-10-12-19-11-9-17-7-4-6-16-2/h13-15H,3-12H2,1-2H3. The Hall–Kier alpha value is -0.240. The van der Waals surface area contributed by atoms with Gasteiger partial charge < -0.3 is 24.1 Å². The van der Waals surface area contributed by atoms with Crippen molar-refractivity contribution in [1.29, 1.82) is 0 Å². The van der Waals surface area contributed by atoms with Crippen LogP contribution in [0.3, 0.4) is 0 Å². The quantitative estimate of drug-likeness (QED) is 0.334. The van der Waals surface area contributed by atoms with E-state index in [1.807, 2.05) is 6.92 Å². The van der Waals surface area contributed by atoms with E-state index in [0.717, 1.165) is 13.0 Å². The molecule has 1 unspecified atom stereocenters. The van der Waals surface area contributed by atoms with Crippen molar-refractivity contribution in [3.05, 3.63) is 0 Å². The van der Waals surface area contributed by atoms with Gasteiger partial charge in [-0.05, 0) is 12.8 Å². The highest BCUT2D eigenvalue weighted by atomic mass is 16.5. The molecule has 1 atom stereocenters. The number of methoxy groups -OCH3 is 1. The summed E-state index contributed by atoms with van der Waals surface area (Å²) in [7, 11) is 1.68. The minimum Gasteiger partial charge on any atom is -0.385 e. The summed E-state index contributed by atoms with van der Waals surface area (Å²) in [5.41, 5.74) is 0. The van der Waals surface area contributed by atoms with E-state index in [4.69, 9.17) is 18.9 Å². The molecule has 0 bridgehead atoms. The van der Waals surface area contributed by atoms with Crippen molar-refractivity contribution in [1.82, 2.24) is 5.32 Å². The highest BCUT2D eigenvalue weighted by Gasteiger charge is 1.97. The van der Waals surface area contributed by atoms with Gasteiger partial charge in [-0.2, -0.15) is 0 Å². The number of nitrogens with one attached hydrogen (secondary N) is 1. The Labute approximate surface area is 116 Å². The number of aliphatic hydroxyl groups excluding tert-OH is 1. The first-order valence-electron chi connectivity index (χ1n) is 6.94. The average molecular weight is 279 g/mol. The lowest BCUT2D eigenvalue weighted by atomic mass is 10.4. The summed E-state index contributed by atoms with van der Waals surface area (Å²) in [6.07, 6.45) is 1.18. The van der Waals surface area contributed by atoms with Gasteiger partial charge in [0.2, 0.25) is 0 Å². The fourth-order valence-electron chi connectivity index (χ4n) is 1.29.